The van der Waals surface area contributed by atoms with Gasteiger partial charge in [0, 0.05) is 31.6 Å². The standard InChI is InChI=1S/C21H19F3N4O4.C14H11ClF3N3O3.C8H9NO2.C7H9NO.C5H2Cl2F3N3O.C3Cl3N3.C2H3F3O/c1-31-18(30)15-6-2-13(3-7-15)10-17-26-19(25-11-14-4-8-16(29)9-5-14)28-20(27-17)32-12-21(22,23)24;1-23-11(22)9-4-2-8(3-5-9)6-10-19-12(15)21-13(20-10)24-7-14(16,17)18;1-11-8(10)6-2-4-7(9)5-3-6;8-5-6-1-3-7(9)4-2-6;6-2-11-3(7)13-4(12-2)14-1-5(8,9)10;4-1-7-2(5)9-3(6)8-1;3-2(4,5)1-6/h2-9,29H,10-12H2,1H3,(H,25,26,27,28);2-5H,6-7H2,1H3;2-5H,9H2,1H3;1-4,9H,5,8H2;1H2;;6H,1H2. The third kappa shape index (κ3) is 39.4. The van der Waals surface area contributed by atoms with Gasteiger partial charge in [-0.1, -0.05) is 48.5 Å². The number of carbonyl (C=O) groups excluding carboxylic acids is 3. The molecule has 27 nitrogen and oxygen atoms in total. The van der Waals surface area contributed by atoms with E-state index < -0.39 is 81.1 Å². The summed E-state index contributed by atoms with van der Waals surface area (Å²) in [5.74, 6) is -0.567. The number of aliphatic hydroxyl groups is 1. The Balaban J connectivity index is 0.000000343. The molecule has 0 aliphatic carbocycles. The van der Waals surface area contributed by atoms with Crippen LogP contribution < -0.4 is 31.0 Å². The van der Waals surface area contributed by atoms with E-state index in [4.69, 9.17) is 96.0 Å². The van der Waals surface area contributed by atoms with Crippen LogP contribution >= 0.6 is 69.6 Å². The van der Waals surface area contributed by atoms with E-state index in [2.05, 4.69) is 88.8 Å². The second-order valence-corrected chi connectivity index (χ2v) is 21.2. The highest BCUT2D eigenvalue weighted by Gasteiger charge is 2.31. The molecule has 0 aliphatic heterocycles. The summed E-state index contributed by atoms with van der Waals surface area (Å²) in [4.78, 5) is 77.2. The molecule has 105 heavy (non-hydrogen) atoms. The Kier molecular flexibility index (Phi) is 37.3. The molecule has 9 aromatic rings. The number of nitrogens with two attached hydrogens (primary N) is 2. The van der Waals surface area contributed by atoms with Gasteiger partial charge in [-0.2, -0.15) is 108 Å². The zero-order valence-corrected chi connectivity index (χ0v) is 58.1. The van der Waals surface area contributed by atoms with Crippen molar-refractivity contribution in [1.29, 1.82) is 0 Å². The third-order valence-corrected chi connectivity index (χ3v) is 12.1. The molecule has 9 rings (SSSR count). The fraction of sp³-hybridized carbons (Fsp3) is 0.250. The van der Waals surface area contributed by atoms with Gasteiger partial charge >= 0.3 is 60.6 Å². The van der Waals surface area contributed by atoms with Gasteiger partial charge in [-0.3, -0.25) is 0 Å². The lowest BCUT2D eigenvalue weighted by Gasteiger charge is -2.11. The second-order valence-electron chi connectivity index (χ2n) is 19.2. The lowest BCUT2D eigenvalue weighted by atomic mass is 10.1. The zero-order valence-electron chi connectivity index (χ0n) is 53.5. The predicted octanol–water partition coefficient (Wildman–Crippen LogP) is 12.7. The number of halogens is 18. The van der Waals surface area contributed by atoms with E-state index in [9.17, 15) is 72.2 Å². The van der Waals surface area contributed by atoms with Gasteiger partial charge in [0.1, 0.15) is 29.8 Å². The SMILES string of the molecule is COC(=O)c1ccc(Cc2nc(Cl)nc(OCC(F)(F)F)n2)cc1.COC(=O)c1ccc(Cc2nc(NCc3ccc(O)cc3)nc(OCC(F)(F)F)n2)cc1.COC(=O)c1ccc(N)cc1.Clc1nc(Cl)nc(Cl)n1.FC(F)(F)COc1nc(Cl)nc(Cl)n1.NCc1ccc(O)cc1.OCC(F)(F)F. The molecule has 0 saturated heterocycles. The van der Waals surface area contributed by atoms with E-state index in [1.165, 1.54) is 33.5 Å². The van der Waals surface area contributed by atoms with Crippen LogP contribution in [0.15, 0.2) is 121 Å². The minimum absolute atomic E-state index is 0.000000000000000444. The molecule has 0 atom stereocenters. The number of aromatic hydroxyl groups is 2. The van der Waals surface area contributed by atoms with Crippen molar-refractivity contribution >= 4 is 99.1 Å². The monoisotopic (exact) mass is 1610 g/mol. The number of aromatic nitrogens is 12. The summed E-state index contributed by atoms with van der Waals surface area (Å²) >= 11 is 32.2. The maximum atomic E-state index is 12.6. The van der Waals surface area contributed by atoms with Gasteiger partial charge in [0.25, 0.3) is 0 Å². The minimum atomic E-state index is -4.55. The largest absolute Gasteiger partial charge is 0.508 e. The highest BCUT2D eigenvalue weighted by atomic mass is 35.5. The van der Waals surface area contributed by atoms with Gasteiger partial charge in [-0.25, -0.2) is 19.4 Å². The van der Waals surface area contributed by atoms with Crippen molar-refractivity contribution in [3.05, 3.63) is 204 Å². The maximum absolute atomic E-state index is 12.6. The normalized spacial score (nSPS) is 10.8. The van der Waals surface area contributed by atoms with Gasteiger partial charge in [0.05, 0.1) is 38.0 Å². The molecule has 0 bridgehead atoms. The van der Waals surface area contributed by atoms with E-state index in [-0.39, 0.29) is 86.2 Å². The first-order valence-electron chi connectivity index (χ1n) is 28.2. The Morgan fingerprint density at radius 1 is 0.400 bits per heavy atom. The first kappa shape index (κ1) is 89.2. The van der Waals surface area contributed by atoms with E-state index in [1.54, 1.807) is 109 Å². The lowest BCUT2D eigenvalue weighted by molar-refractivity contribution is -0.159. The van der Waals surface area contributed by atoms with Crippen molar-refractivity contribution in [2.24, 2.45) is 5.73 Å². The smallest absolute Gasteiger partial charge is 0.422 e. The summed E-state index contributed by atoms with van der Waals surface area (Å²) in [7, 11) is 3.89. The van der Waals surface area contributed by atoms with E-state index in [0.717, 1.165) is 16.7 Å². The van der Waals surface area contributed by atoms with Crippen LogP contribution in [0.2, 0.25) is 31.7 Å². The molecule has 0 aliphatic rings. The minimum Gasteiger partial charge on any atom is -0.508 e. The molecule has 4 aromatic heterocycles. The van der Waals surface area contributed by atoms with Gasteiger partial charge in [0.15, 0.2) is 19.8 Å². The number of rotatable bonds is 17. The Hall–Kier alpha value is -10.0. The van der Waals surface area contributed by atoms with E-state index >= 15 is 0 Å². The number of hydrogen-bond donors (Lipinski definition) is 6. The summed E-state index contributed by atoms with van der Waals surface area (Å²) in [6.45, 7) is -5.52. The summed E-state index contributed by atoms with van der Waals surface area (Å²) in [6.07, 6.45) is -17.6. The van der Waals surface area contributed by atoms with Gasteiger partial charge in [-0.15, -0.1) is 0 Å². The zero-order chi connectivity index (χ0) is 78.7. The fourth-order valence-electron chi connectivity index (χ4n) is 6.53. The van der Waals surface area contributed by atoms with Crippen LogP contribution in [0.3, 0.4) is 0 Å². The quantitative estimate of drug-likeness (QED) is 0.0213. The van der Waals surface area contributed by atoms with Crippen molar-refractivity contribution in [2.45, 2.75) is 50.6 Å². The number of methoxy groups -OCH3 is 3. The molecular weight excluding hydrogens is 1560 g/mol. The highest BCUT2D eigenvalue weighted by Crippen LogP contribution is 2.23. The first-order valence-corrected chi connectivity index (χ1v) is 30.4. The summed E-state index contributed by atoms with van der Waals surface area (Å²) < 4.78 is 168. The van der Waals surface area contributed by atoms with Crippen LogP contribution in [0.1, 0.15) is 65.0 Å². The van der Waals surface area contributed by atoms with Gasteiger partial charge in [-0.05, 0) is 165 Å². The number of nitrogen functional groups attached to an aromatic ring is 1. The van der Waals surface area contributed by atoms with E-state index in [0.29, 0.717) is 34.5 Å². The average Bonchev–Trinajstić information content (AvgIpc) is 0.842. The van der Waals surface area contributed by atoms with Gasteiger partial charge in [0.2, 0.25) is 37.6 Å². The number of benzene rings is 5. The summed E-state index contributed by atoms with van der Waals surface area (Å²) in [5, 5.41) is 27.4. The number of nitrogens with zero attached hydrogens (tertiary/aromatic N) is 12. The highest BCUT2D eigenvalue weighted by molar-refractivity contribution is 6.33. The molecule has 5 aromatic carbocycles. The van der Waals surface area contributed by atoms with Crippen LogP contribution in [0.4, 0.5) is 64.3 Å². The van der Waals surface area contributed by atoms with Crippen molar-refractivity contribution in [1.82, 2.24) is 59.8 Å². The number of hydrogen-bond acceptors (Lipinski definition) is 27. The van der Waals surface area contributed by atoms with Crippen molar-refractivity contribution in [3.63, 3.8) is 0 Å². The number of alkyl halides is 12. The fourth-order valence-corrected chi connectivity index (χ4v) is 7.66. The van der Waals surface area contributed by atoms with Gasteiger partial charge < -0.3 is 60.5 Å². The summed E-state index contributed by atoms with van der Waals surface area (Å²) in [5.41, 5.74) is 15.9. The number of nitrogens with one attached hydrogen (secondary N) is 1. The number of anilines is 2. The van der Waals surface area contributed by atoms with Crippen LogP contribution in [0, 0.1) is 0 Å². The Morgan fingerprint density at radius 3 is 1.01 bits per heavy atom. The molecule has 566 valence electrons. The molecule has 0 spiro atoms. The third-order valence-electron chi connectivity index (χ3n) is 11.0. The Labute approximate surface area is 615 Å². The molecule has 0 radical (unpaired) electrons. The predicted molar refractivity (Wildman–Crippen MR) is 352 cm³/mol. The molecule has 0 fully saturated rings. The number of carbonyl (C=O) groups is 3. The van der Waals surface area contributed by atoms with E-state index in [1.807, 2.05) is 0 Å². The summed E-state index contributed by atoms with van der Waals surface area (Å²) in [6, 6.07) is 31.1. The molecule has 45 heteroatoms. The molecule has 0 amide bonds. The first-order chi connectivity index (χ1) is 49.1. The number of phenolic OH excluding ortho intramolecular Hbond substituents is 2. The van der Waals surface area contributed by atoms with Crippen molar-refractivity contribution in [2.75, 3.05) is 58.8 Å². The number of ether oxygens (including phenoxy) is 6. The average molecular weight is 1620 g/mol. The van der Waals surface area contributed by atoms with Crippen LogP contribution in [-0.2, 0) is 40.1 Å². The second kappa shape index (κ2) is 43.9. The molecule has 4 heterocycles. The molecule has 0 saturated carbocycles. The Bertz CT molecular complexity index is 4090. The maximum Gasteiger partial charge on any atom is 0.422 e. The topological polar surface area (TPSA) is 386 Å². The van der Waals surface area contributed by atoms with Crippen molar-refractivity contribution < 1.29 is 111 Å². The number of esters is 3. The van der Waals surface area contributed by atoms with Crippen LogP contribution in [0.5, 0.6) is 29.5 Å². The molecular formula is C60H53Cl6F12N15O12. The molecule has 8 N–H and O–H groups in total. The van der Waals surface area contributed by atoms with Crippen molar-refractivity contribution in [3.8, 4) is 29.5 Å². The lowest BCUT2D eigenvalue weighted by Crippen LogP contribution is -2.21. The Morgan fingerprint density at radius 2 is 0.686 bits per heavy atom. The molecule has 0 unspecified atom stereocenters. The number of aliphatic hydroxyl groups excluding tert-OH is 1. The number of phenols is 2. The van der Waals surface area contributed by atoms with Crippen LogP contribution in [0.25, 0.3) is 0 Å². The van der Waals surface area contributed by atoms with Crippen LogP contribution in [-0.4, -0.2) is 165 Å².